The highest BCUT2D eigenvalue weighted by atomic mass is 19.3. The van der Waals surface area contributed by atoms with Crippen LogP contribution >= 0.6 is 0 Å². The molecule has 0 fully saturated rings. The fourth-order valence-corrected chi connectivity index (χ4v) is 2.43. The molecule has 25 heavy (non-hydrogen) atoms. The van der Waals surface area contributed by atoms with Gasteiger partial charge in [0.05, 0.1) is 5.69 Å². The van der Waals surface area contributed by atoms with Crippen molar-refractivity contribution in [3.8, 4) is 5.75 Å². The number of fused-ring (bicyclic) bond motifs is 1. The van der Waals surface area contributed by atoms with Crippen molar-refractivity contribution in [1.82, 2.24) is 4.98 Å². The number of alkyl halides is 2. The van der Waals surface area contributed by atoms with Crippen LogP contribution in [0.3, 0.4) is 0 Å². The summed E-state index contributed by atoms with van der Waals surface area (Å²) < 4.78 is 29.4. The van der Waals surface area contributed by atoms with Gasteiger partial charge in [0, 0.05) is 11.6 Å². The molecule has 0 aliphatic rings. The SMILES string of the molecule is O=C(Nc1ccc(OC(F)F)c2ncccc12)C(O)c1ccccc1. The van der Waals surface area contributed by atoms with Crippen molar-refractivity contribution in [3.63, 3.8) is 0 Å². The number of aliphatic hydroxyl groups excluding tert-OH is 1. The summed E-state index contributed by atoms with van der Waals surface area (Å²) in [7, 11) is 0. The molecule has 1 unspecified atom stereocenters. The zero-order chi connectivity index (χ0) is 17.8. The normalized spacial score (nSPS) is 12.2. The Kier molecular flexibility index (Phi) is 4.85. The van der Waals surface area contributed by atoms with Gasteiger partial charge in [0.15, 0.2) is 11.9 Å². The van der Waals surface area contributed by atoms with E-state index in [1.165, 1.54) is 18.3 Å². The average molecular weight is 344 g/mol. The molecule has 0 spiro atoms. The van der Waals surface area contributed by atoms with Gasteiger partial charge in [-0.1, -0.05) is 30.3 Å². The Labute approximate surface area is 141 Å². The van der Waals surface area contributed by atoms with Gasteiger partial charge in [0.2, 0.25) is 0 Å². The fraction of sp³-hybridized carbons (Fsp3) is 0.111. The van der Waals surface area contributed by atoms with Gasteiger partial charge in [-0.25, -0.2) is 0 Å². The Bertz CT molecular complexity index is 888. The van der Waals surface area contributed by atoms with Crippen molar-refractivity contribution in [1.29, 1.82) is 0 Å². The van der Waals surface area contributed by atoms with E-state index in [1.807, 2.05) is 0 Å². The van der Waals surface area contributed by atoms with E-state index in [2.05, 4.69) is 15.0 Å². The highest BCUT2D eigenvalue weighted by molar-refractivity contribution is 6.04. The van der Waals surface area contributed by atoms with Gasteiger partial charge in [0.25, 0.3) is 5.91 Å². The summed E-state index contributed by atoms with van der Waals surface area (Å²) in [4.78, 5) is 16.3. The van der Waals surface area contributed by atoms with E-state index in [-0.39, 0.29) is 11.3 Å². The minimum atomic E-state index is -2.98. The number of ether oxygens (including phenoxy) is 1. The molecule has 2 aromatic carbocycles. The molecule has 1 aromatic heterocycles. The molecule has 0 aliphatic carbocycles. The number of pyridine rings is 1. The van der Waals surface area contributed by atoms with Crippen LogP contribution in [0.25, 0.3) is 10.9 Å². The lowest BCUT2D eigenvalue weighted by molar-refractivity contribution is -0.124. The minimum Gasteiger partial charge on any atom is -0.432 e. The summed E-state index contributed by atoms with van der Waals surface area (Å²) in [5.74, 6) is -0.730. The van der Waals surface area contributed by atoms with Gasteiger partial charge < -0.3 is 15.2 Å². The number of anilines is 1. The summed E-state index contributed by atoms with van der Waals surface area (Å²) in [5, 5.41) is 13.2. The monoisotopic (exact) mass is 344 g/mol. The number of carbonyl (C=O) groups excluding carboxylic acids is 1. The second kappa shape index (κ2) is 7.23. The molecule has 3 rings (SSSR count). The standard InChI is InChI=1S/C18H14F2N2O3/c19-18(20)25-14-9-8-13(12-7-4-10-21-15(12)14)22-17(24)16(23)11-5-2-1-3-6-11/h1-10,16,18,23H,(H,22,24). The number of rotatable bonds is 5. The van der Waals surface area contributed by atoms with E-state index >= 15 is 0 Å². The number of benzene rings is 2. The molecule has 7 heteroatoms. The second-order valence-corrected chi connectivity index (χ2v) is 5.19. The molecule has 0 bridgehead atoms. The van der Waals surface area contributed by atoms with Gasteiger partial charge in [-0.15, -0.1) is 0 Å². The van der Waals surface area contributed by atoms with E-state index < -0.39 is 18.6 Å². The predicted molar refractivity (Wildman–Crippen MR) is 88.4 cm³/mol. The van der Waals surface area contributed by atoms with Crippen LogP contribution in [0.15, 0.2) is 60.8 Å². The number of amides is 1. The first-order chi connectivity index (χ1) is 12.1. The lowest BCUT2D eigenvalue weighted by Crippen LogP contribution is -2.21. The van der Waals surface area contributed by atoms with E-state index in [9.17, 15) is 18.7 Å². The molecule has 0 aliphatic heterocycles. The minimum absolute atomic E-state index is 0.0905. The summed E-state index contributed by atoms with van der Waals surface area (Å²) in [6.07, 6.45) is 0.0790. The summed E-state index contributed by atoms with van der Waals surface area (Å²) in [6.45, 7) is -2.98. The van der Waals surface area contributed by atoms with Crippen LogP contribution in [0.4, 0.5) is 14.5 Å². The van der Waals surface area contributed by atoms with Crippen molar-refractivity contribution < 1.29 is 23.4 Å². The predicted octanol–water partition coefficient (Wildman–Crippen LogP) is 3.51. The number of aromatic nitrogens is 1. The van der Waals surface area contributed by atoms with Crippen LogP contribution in [-0.2, 0) is 4.79 Å². The molecule has 0 saturated carbocycles. The van der Waals surface area contributed by atoms with Gasteiger partial charge >= 0.3 is 6.61 Å². The molecule has 1 atom stereocenters. The number of nitrogens with zero attached hydrogens (tertiary/aromatic N) is 1. The Balaban J connectivity index is 1.90. The number of carbonyl (C=O) groups is 1. The summed E-state index contributed by atoms with van der Waals surface area (Å²) in [6, 6.07) is 14.4. The number of aliphatic hydroxyl groups is 1. The van der Waals surface area contributed by atoms with Gasteiger partial charge in [-0.3, -0.25) is 9.78 Å². The summed E-state index contributed by atoms with van der Waals surface area (Å²) in [5.41, 5.74) is 0.972. The van der Waals surface area contributed by atoms with Gasteiger partial charge in [-0.2, -0.15) is 8.78 Å². The third kappa shape index (κ3) is 3.72. The van der Waals surface area contributed by atoms with Crippen LogP contribution in [0.5, 0.6) is 5.75 Å². The van der Waals surface area contributed by atoms with E-state index in [0.717, 1.165) is 0 Å². The third-order valence-corrected chi connectivity index (χ3v) is 3.57. The fourth-order valence-electron chi connectivity index (χ4n) is 2.43. The van der Waals surface area contributed by atoms with Crippen LogP contribution in [-0.4, -0.2) is 22.6 Å². The van der Waals surface area contributed by atoms with Crippen molar-refractivity contribution in [2.24, 2.45) is 0 Å². The lowest BCUT2D eigenvalue weighted by Gasteiger charge is -2.14. The smallest absolute Gasteiger partial charge is 0.387 e. The van der Waals surface area contributed by atoms with Crippen LogP contribution in [0, 0.1) is 0 Å². The first-order valence-corrected chi connectivity index (χ1v) is 7.42. The molecule has 2 N–H and O–H groups in total. The van der Waals surface area contributed by atoms with E-state index in [1.54, 1.807) is 42.5 Å². The maximum absolute atomic E-state index is 12.5. The Morgan fingerprint density at radius 3 is 2.56 bits per heavy atom. The average Bonchev–Trinajstić information content (AvgIpc) is 2.63. The highest BCUT2D eigenvalue weighted by Crippen LogP contribution is 2.31. The number of nitrogens with one attached hydrogen (secondary N) is 1. The van der Waals surface area contributed by atoms with Crippen LogP contribution < -0.4 is 10.1 Å². The first-order valence-electron chi connectivity index (χ1n) is 7.42. The molecular formula is C18H14F2N2O3. The van der Waals surface area contributed by atoms with Crippen LogP contribution in [0.1, 0.15) is 11.7 Å². The molecule has 5 nitrogen and oxygen atoms in total. The molecule has 1 heterocycles. The largest absolute Gasteiger partial charge is 0.432 e. The zero-order valence-electron chi connectivity index (χ0n) is 12.9. The maximum Gasteiger partial charge on any atom is 0.387 e. The second-order valence-electron chi connectivity index (χ2n) is 5.19. The van der Waals surface area contributed by atoms with Crippen molar-refractivity contribution >= 4 is 22.5 Å². The Morgan fingerprint density at radius 2 is 1.84 bits per heavy atom. The molecule has 3 aromatic rings. The molecule has 128 valence electrons. The first kappa shape index (κ1) is 16.8. The Morgan fingerprint density at radius 1 is 1.08 bits per heavy atom. The van der Waals surface area contributed by atoms with Gasteiger partial charge in [-0.05, 0) is 29.8 Å². The van der Waals surface area contributed by atoms with Crippen molar-refractivity contribution in [2.75, 3.05) is 5.32 Å². The molecule has 0 radical (unpaired) electrons. The van der Waals surface area contributed by atoms with E-state index in [4.69, 9.17) is 0 Å². The van der Waals surface area contributed by atoms with Crippen molar-refractivity contribution in [3.05, 3.63) is 66.4 Å². The highest BCUT2D eigenvalue weighted by Gasteiger charge is 2.19. The number of hydrogen-bond acceptors (Lipinski definition) is 4. The topological polar surface area (TPSA) is 71.5 Å². The molecule has 1 amide bonds. The number of halogens is 2. The Hall–Kier alpha value is -3.06. The van der Waals surface area contributed by atoms with Crippen LogP contribution in [0.2, 0.25) is 0 Å². The van der Waals surface area contributed by atoms with E-state index in [0.29, 0.717) is 16.6 Å². The quantitative estimate of drug-likeness (QED) is 0.743. The molecular weight excluding hydrogens is 330 g/mol. The maximum atomic E-state index is 12.5. The third-order valence-electron chi connectivity index (χ3n) is 3.57. The molecule has 0 saturated heterocycles. The number of hydrogen-bond donors (Lipinski definition) is 2. The van der Waals surface area contributed by atoms with Crippen molar-refractivity contribution in [2.45, 2.75) is 12.7 Å². The summed E-state index contributed by atoms with van der Waals surface area (Å²) >= 11 is 0. The zero-order valence-corrected chi connectivity index (χ0v) is 12.9. The van der Waals surface area contributed by atoms with Gasteiger partial charge in [0.1, 0.15) is 5.52 Å². The lowest BCUT2D eigenvalue weighted by atomic mass is 10.1.